The maximum Gasteiger partial charge on any atom is 0.410 e. The number of hydrogen-bond donors (Lipinski definition) is 0. The lowest BCUT2D eigenvalue weighted by atomic mass is 9.87. The molecule has 2 aliphatic heterocycles. The molecule has 6 nitrogen and oxygen atoms in total. The fourth-order valence-corrected chi connectivity index (χ4v) is 3.42. The second-order valence-corrected chi connectivity index (χ2v) is 8.04. The second kappa shape index (κ2) is 6.74. The van der Waals surface area contributed by atoms with Crippen LogP contribution in [0.5, 0.6) is 0 Å². The molecule has 0 N–H and O–H groups in total. The average Bonchev–Trinajstić information content (AvgIpc) is 2.91. The van der Waals surface area contributed by atoms with Gasteiger partial charge < -0.3 is 9.64 Å². The van der Waals surface area contributed by atoms with Crippen molar-refractivity contribution in [3.63, 3.8) is 0 Å². The van der Waals surface area contributed by atoms with Crippen LogP contribution in [0.25, 0.3) is 0 Å². The fourth-order valence-electron chi connectivity index (χ4n) is 3.42. The van der Waals surface area contributed by atoms with Gasteiger partial charge in [-0.1, -0.05) is 30.3 Å². The maximum atomic E-state index is 13.1. The summed E-state index contributed by atoms with van der Waals surface area (Å²) >= 11 is 0. The van der Waals surface area contributed by atoms with Gasteiger partial charge in [-0.3, -0.25) is 14.7 Å². The van der Waals surface area contributed by atoms with E-state index in [1.54, 1.807) is 16.1 Å². The lowest BCUT2D eigenvalue weighted by Crippen LogP contribution is -2.52. The van der Waals surface area contributed by atoms with Gasteiger partial charge >= 0.3 is 6.09 Å². The molecule has 1 aromatic rings. The molecule has 1 atom stereocenters. The van der Waals surface area contributed by atoms with Crippen molar-refractivity contribution < 1.29 is 14.3 Å². The van der Waals surface area contributed by atoms with Gasteiger partial charge in [0.25, 0.3) is 5.91 Å². The van der Waals surface area contributed by atoms with Crippen LogP contribution in [-0.4, -0.2) is 52.4 Å². The van der Waals surface area contributed by atoms with Gasteiger partial charge in [-0.05, 0) is 46.1 Å². The predicted molar refractivity (Wildman–Crippen MR) is 100.0 cm³/mol. The van der Waals surface area contributed by atoms with Crippen LogP contribution in [0, 0.1) is 0 Å². The van der Waals surface area contributed by atoms with E-state index in [1.165, 1.54) is 0 Å². The number of aliphatic imine (C=N–C) groups is 1. The molecule has 0 bridgehead atoms. The number of carbonyl (C=O) groups excluding carboxylic acids is 2. The van der Waals surface area contributed by atoms with E-state index in [0.717, 1.165) is 5.56 Å². The quantitative estimate of drug-likeness (QED) is 0.815. The average molecular weight is 357 g/mol. The standard InChI is InChI=1S/C20H27N3O3/c1-15(16-8-6-5-7-9-16)23-14-21-20(17(23)24)10-12-22(13-11-20)18(25)26-19(2,3)4/h5-9,14-15H,10-13H2,1-4H3/t15-/m0/s1. The van der Waals surface area contributed by atoms with E-state index < -0.39 is 11.1 Å². The molecule has 2 heterocycles. The minimum Gasteiger partial charge on any atom is -0.444 e. The van der Waals surface area contributed by atoms with Gasteiger partial charge in [0.1, 0.15) is 11.1 Å². The van der Waals surface area contributed by atoms with Crippen LogP contribution in [0.3, 0.4) is 0 Å². The van der Waals surface area contributed by atoms with Crippen LogP contribution in [0.15, 0.2) is 35.3 Å². The normalized spacial score (nSPS) is 20.5. The lowest BCUT2D eigenvalue weighted by molar-refractivity contribution is -0.134. The van der Waals surface area contributed by atoms with E-state index >= 15 is 0 Å². The van der Waals surface area contributed by atoms with Gasteiger partial charge in [0.15, 0.2) is 0 Å². The first kappa shape index (κ1) is 18.4. The highest BCUT2D eigenvalue weighted by molar-refractivity contribution is 6.00. The zero-order chi connectivity index (χ0) is 18.9. The minimum atomic E-state index is -0.735. The van der Waals surface area contributed by atoms with Crippen molar-refractivity contribution >= 4 is 18.3 Å². The first-order valence-electron chi connectivity index (χ1n) is 9.13. The maximum absolute atomic E-state index is 13.1. The van der Waals surface area contributed by atoms with Crippen LogP contribution < -0.4 is 0 Å². The van der Waals surface area contributed by atoms with E-state index in [2.05, 4.69) is 4.99 Å². The number of piperidine rings is 1. The van der Waals surface area contributed by atoms with Gasteiger partial charge in [0.05, 0.1) is 12.4 Å². The number of carbonyl (C=O) groups is 2. The Kier molecular flexibility index (Phi) is 4.78. The molecule has 0 aromatic heterocycles. The van der Waals surface area contributed by atoms with Crippen molar-refractivity contribution in [3.05, 3.63) is 35.9 Å². The molecule has 0 radical (unpaired) electrons. The molecule has 1 fully saturated rings. The van der Waals surface area contributed by atoms with Crippen molar-refractivity contribution in [1.82, 2.24) is 9.80 Å². The molecule has 140 valence electrons. The molecular formula is C20H27N3O3. The zero-order valence-corrected chi connectivity index (χ0v) is 15.9. The van der Waals surface area contributed by atoms with E-state index in [1.807, 2.05) is 58.0 Å². The Balaban J connectivity index is 1.64. The molecule has 2 aliphatic rings. The summed E-state index contributed by atoms with van der Waals surface area (Å²) in [4.78, 5) is 33.3. The largest absolute Gasteiger partial charge is 0.444 e. The summed E-state index contributed by atoms with van der Waals surface area (Å²) in [5.74, 6) is 0.0256. The van der Waals surface area contributed by atoms with Crippen LogP contribution in [-0.2, 0) is 9.53 Å². The molecule has 0 saturated carbocycles. The third-order valence-corrected chi connectivity index (χ3v) is 5.00. The van der Waals surface area contributed by atoms with Gasteiger partial charge in [-0.25, -0.2) is 4.79 Å². The topological polar surface area (TPSA) is 62.2 Å². The molecule has 0 unspecified atom stereocenters. The molecule has 1 saturated heterocycles. The number of likely N-dealkylation sites (tertiary alicyclic amines) is 1. The first-order chi connectivity index (χ1) is 12.2. The fraction of sp³-hybridized carbons (Fsp3) is 0.550. The number of amides is 2. The molecular weight excluding hydrogens is 330 g/mol. The number of ether oxygens (including phenoxy) is 1. The van der Waals surface area contributed by atoms with E-state index in [-0.39, 0.29) is 18.0 Å². The first-order valence-corrected chi connectivity index (χ1v) is 9.13. The molecule has 1 spiro atoms. The van der Waals surface area contributed by atoms with Gasteiger partial charge in [0, 0.05) is 13.1 Å². The summed E-state index contributed by atoms with van der Waals surface area (Å²) in [6, 6.07) is 9.88. The van der Waals surface area contributed by atoms with Gasteiger partial charge in [-0.2, -0.15) is 0 Å². The van der Waals surface area contributed by atoms with Crippen LogP contribution in [0.4, 0.5) is 4.79 Å². The molecule has 6 heteroatoms. The van der Waals surface area contributed by atoms with E-state index in [9.17, 15) is 9.59 Å². The molecule has 3 rings (SSSR count). The summed E-state index contributed by atoms with van der Waals surface area (Å²) in [6.07, 6.45) is 2.40. The summed E-state index contributed by atoms with van der Waals surface area (Å²) in [5, 5.41) is 0. The summed E-state index contributed by atoms with van der Waals surface area (Å²) in [6.45, 7) is 8.52. The van der Waals surface area contributed by atoms with Crippen molar-refractivity contribution in [1.29, 1.82) is 0 Å². The van der Waals surface area contributed by atoms with Crippen LogP contribution in [0.2, 0.25) is 0 Å². The smallest absolute Gasteiger partial charge is 0.410 e. The number of nitrogens with zero attached hydrogens (tertiary/aromatic N) is 3. The van der Waals surface area contributed by atoms with E-state index in [4.69, 9.17) is 4.74 Å². The van der Waals surface area contributed by atoms with Crippen molar-refractivity contribution in [2.24, 2.45) is 4.99 Å². The van der Waals surface area contributed by atoms with Crippen LogP contribution >= 0.6 is 0 Å². The summed E-state index contributed by atoms with van der Waals surface area (Å²) in [7, 11) is 0. The Labute approximate surface area is 154 Å². The highest BCUT2D eigenvalue weighted by Gasteiger charge is 2.48. The number of rotatable bonds is 2. The third kappa shape index (κ3) is 3.59. The van der Waals surface area contributed by atoms with Crippen molar-refractivity contribution in [2.45, 2.75) is 57.7 Å². The predicted octanol–water partition coefficient (Wildman–Crippen LogP) is 3.39. The van der Waals surface area contributed by atoms with Crippen molar-refractivity contribution in [2.75, 3.05) is 13.1 Å². The Hall–Kier alpha value is -2.37. The molecule has 2 amide bonds. The second-order valence-electron chi connectivity index (χ2n) is 8.04. The highest BCUT2D eigenvalue weighted by Crippen LogP contribution is 2.35. The molecule has 1 aromatic carbocycles. The highest BCUT2D eigenvalue weighted by atomic mass is 16.6. The Morgan fingerprint density at radius 3 is 2.38 bits per heavy atom. The molecule has 26 heavy (non-hydrogen) atoms. The van der Waals surface area contributed by atoms with E-state index in [0.29, 0.717) is 25.9 Å². The monoisotopic (exact) mass is 357 g/mol. The molecule has 0 aliphatic carbocycles. The Morgan fingerprint density at radius 1 is 1.19 bits per heavy atom. The zero-order valence-electron chi connectivity index (χ0n) is 15.9. The lowest BCUT2D eigenvalue weighted by Gasteiger charge is -2.37. The van der Waals surface area contributed by atoms with Gasteiger partial charge in [-0.15, -0.1) is 0 Å². The van der Waals surface area contributed by atoms with Crippen LogP contribution in [0.1, 0.15) is 52.1 Å². The third-order valence-electron chi connectivity index (χ3n) is 5.00. The minimum absolute atomic E-state index is 0.0256. The Morgan fingerprint density at radius 2 is 1.81 bits per heavy atom. The Bertz CT molecular complexity index is 701. The van der Waals surface area contributed by atoms with Gasteiger partial charge in [0.2, 0.25) is 0 Å². The number of hydrogen-bond acceptors (Lipinski definition) is 4. The van der Waals surface area contributed by atoms with Crippen molar-refractivity contribution in [3.8, 4) is 0 Å². The summed E-state index contributed by atoms with van der Waals surface area (Å²) < 4.78 is 5.43. The number of benzene rings is 1. The SMILES string of the molecule is C[C@@H](c1ccccc1)N1C=NC2(CCN(C(=O)OC(C)(C)C)CC2)C1=O. The summed E-state index contributed by atoms with van der Waals surface area (Å²) in [5.41, 5.74) is -0.174.